The first-order valence-corrected chi connectivity index (χ1v) is 9.30. The van der Waals surface area contributed by atoms with Gasteiger partial charge in [0, 0.05) is 17.6 Å². The van der Waals surface area contributed by atoms with E-state index in [1.165, 1.54) is 0 Å². The second-order valence-corrected chi connectivity index (χ2v) is 7.00. The van der Waals surface area contributed by atoms with Gasteiger partial charge in [-0.3, -0.25) is 9.78 Å². The molecule has 1 aliphatic heterocycles. The van der Waals surface area contributed by atoms with Gasteiger partial charge in [-0.05, 0) is 56.7 Å². The normalized spacial score (nSPS) is 13.4. The van der Waals surface area contributed by atoms with E-state index in [1.54, 1.807) is 6.20 Å². The monoisotopic (exact) mass is 377 g/mol. The van der Waals surface area contributed by atoms with Crippen molar-refractivity contribution in [1.82, 2.24) is 14.9 Å². The Morgan fingerprint density at radius 2 is 2.00 bits per heavy atom. The van der Waals surface area contributed by atoms with Crippen molar-refractivity contribution in [3.8, 4) is 11.5 Å². The summed E-state index contributed by atoms with van der Waals surface area (Å²) in [6.07, 6.45) is 1.78. The van der Waals surface area contributed by atoms with Crippen LogP contribution in [0.2, 0.25) is 0 Å². The highest BCUT2D eigenvalue weighted by atomic mass is 16.7. The fourth-order valence-electron chi connectivity index (χ4n) is 3.47. The molecular formula is C22H23N3O3. The van der Waals surface area contributed by atoms with Gasteiger partial charge in [0.1, 0.15) is 0 Å². The van der Waals surface area contributed by atoms with Gasteiger partial charge in [0.05, 0.1) is 23.8 Å². The maximum Gasteiger partial charge on any atom is 0.253 e. The molecule has 1 atom stereocenters. The number of hydrogen-bond acceptors (Lipinski definition) is 4. The van der Waals surface area contributed by atoms with Crippen LogP contribution in [-0.2, 0) is 6.54 Å². The van der Waals surface area contributed by atoms with Gasteiger partial charge in [-0.2, -0.15) is 0 Å². The zero-order valence-corrected chi connectivity index (χ0v) is 16.2. The molecule has 1 N–H and O–H groups in total. The molecule has 2 aromatic heterocycles. The Labute approximate surface area is 164 Å². The van der Waals surface area contributed by atoms with Gasteiger partial charge in [-0.25, -0.2) is 0 Å². The summed E-state index contributed by atoms with van der Waals surface area (Å²) in [6, 6.07) is 13.4. The Morgan fingerprint density at radius 3 is 2.79 bits per heavy atom. The van der Waals surface area contributed by atoms with Crippen molar-refractivity contribution in [1.29, 1.82) is 0 Å². The average molecular weight is 377 g/mol. The van der Waals surface area contributed by atoms with Gasteiger partial charge >= 0.3 is 0 Å². The molecule has 6 nitrogen and oxygen atoms in total. The molecule has 4 rings (SSSR count). The van der Waals surface area contributed by atoms with E-state index in [9.17, 15) is 4.79 Å². The Hall–Kier alpha value is -3.28. The van der Waals surface area contributed by atoms with E-state index in [0.29, 0.717) is 17.9 Å². The second kappa shape index (κ2) is 7.38. The summed E-state index contributed by atoms with van der Waals surface area (Å²) in [4.78, 5) is 17.3. The summed E-state index contributed by atoms with van der Waals surface area (Å²) < 4.78 is 12.9. The van der Waals surface area contributed by atoms with E-state index in [1.807, 2.05) is 63.2 Å². The number of fused-ring (bicyclic) bond motifs is 1. The number of carbonyl (C=O) groups excluding carboxylic acids is 1. The third kappa shape index (κ3) is 3.45. The van der Waals surface area contributed by atoms with Gasteiger partial charge < -0.3 is 19.4 Å². The van der Waals surface area contributed by atoms with Gasteiger partial charge in [0.15, 0.2) is 11.5 Å². The number of carbonyl (C=O) groups is 1. The SMILES string of the molecule is Cc1cc(C(=O)NC(C)c2ccc3c(c2)OCO3)c(C)n1Cc1ccccn1. The van der Waals surface area contributed by atoms with Crippen LogP contribution < -0.4 is 14.8 Å². The minimum absolute atomic E-state index is 0.0921. The van der Waals surface area contributed by atoms with Crippen molar-refractivity contribution in [3.05, 3.63) is 76.9 Å². The van der Waals surface area contributed by atoms with Crippen molar-refractivity contribution < 1.29 is 14.3 Å². The van der Waals surface area contributed by atoms with Crippen LogP contribution in [0.15, 0.2) is 48.7 Å². The number of aromatic nitrogens is 2. The lowest BCUT2D eigenvalue weighted by Crippen LogP contribution is -2.27. The smallest absolute Gasteiger partial charge is 0.253 e. The van der Waals surface area contributed by atoms with Crippen LogP contribution in [-0.4, -0.2) is 22.3 Å². The van der Waals surface area contributed by atoms with Crippen molar-refractivity contribution >= 4 is 5.91 Å². The van der Waals surface area contributed by atoms with Crippen molar-refractivity contribution in [2.45, 2.75) is 33.4 Å². The molecule has 0 fully saturated rings. The molecule has 144 valence electrons. The molecule has 1 aromatic carbocycles. The predicted molar refractivity (Wildman–Crippen MR) is 106 cm³/mol. The lowest BCUT2D eigenvalue weighted by atomic mass is 10.1. The van der Waals surface area contributed by atoms with E-state index in [4.69, 9.17) is 9.47 Å². The van der Waals surface area contributed by atoms with Crippen molar-refractivity contribution in [2.75, 3.05) is 6.79 Å². The summed E-state index contributed by atoms with van der Waals surface area (Å²) in [5.74, 6) is 1.36. The summed E-state index contributed by atoms with van der Waals surface area (Å²) in [5.41, 5.74) is 4.58. The Morgan fingerprint density at radius 1 is 1.18 bits per heavy atom. The molecule has 0 aliphatic carbocycles. The van der Waals surface area contributed by atoms with E-state index in [-0.39, 0.29) is 18.7 Å². The molecule has 1 aliphatic rings. The van der Waals surface area contributed by atoms with E-state index < -0.39 is 0 Å². The number of nitrogens with zero attached hydrogens (tertiary/aromatic N) is 2. The maximum atomic E-state index is 12.9. The van der Waals surface area contributed by atoms with Crippen LogP contribution in [0.1, 0.15) is 46.0 Å². The van der Waals surface area contributed by atoms with Crippen LogP contribution >= 0.6 is 0 Å². The fraction of sp³-hybridized carbons (Fsp3) is 0.273. The average Bonchev–Trinajstić information content (AvgIpc) is 3.28. The molecule has 0 saturated heterocycles. The fourth-order valence-corrected chi connectivity index (χ4v) is 3.47. The third-order valence-corrected chi connectivity index (χ3v) is 5.11. The minimum atomic E-state index is -0.152. The van der Waals surface area contributed by atoms with Crippen LogP contribution in [0, 0.1) is 13.8 Å². The quantitative estimate of drug-likeness (QED) is 0.735. The standard InChI is InChI=1S/C22H23N3O3/c1-14-10-19(16(3)25(14)12-18-6-4-5-9-23-18)22(26)24-15(2)17-7-8-20-21(11-17)28-13-27-20/h4-11,15H,12-13H2,1-3H3,(H,24,26). The highest BCUT2D eigenvalue weighted by Gasteiger charge is 2.20. The number of benzene rings is 1. The zero-order chi connectivity index (χ0) is 19.7. The van der Waals surface area contributed by atoms with Crippen LogP contribution in [0.3, 0.4) is 0 Å². The molecule has 3 aromatic rings. The minimum Gasteiger partial charge on any atom is -0.454 e. The lowest BCUT2D eigenvalue weighted by molar-refractivity contribution is 0.0939. The zero-order valence-electron chi connectivity index (χ0n) is 16.2. The van der Waals surface area contributed by atoms with Crippen LogP contribution in [0.4, 0.5) is 0 Å². The molecule has 1 unspecified atom stereocenters. The second-order valence-electron chi connectivity index (χ2n) is 7.00. The van der Waals surface area contributed by atoms with Gasteiger partial charge in [0.25, 0.3) is 5.91 Å². The number of nitrogens with one attached hydrogen (secondary N) is 1. The Bertz CT molecular complexity index is 1010. The highest BCUT2D eigenvalue weighted by Crippen LogP contribution is 2.34. The topological polar surface area (TPSA) is 65.4 Å². The molecule has 0 radical (unpaired) electrons. The molecule has 0 bridgehead atoms. The van der Waals surface area contributed by atoms with E-state index in [2.05, 4.69) is 14.9 Å². The first-order valence-electron chi connectivity index (χ1n) is 9.30. The third-order valence-electron chi connectivity index (χ3n) is 5.11. The number of hydrogen-bond donors (Lipinski definition) is 1. The Kier molecular flexibility index (Phi) is 4.77. The first-order chi connectivity index (χ1) is 13.5. The number of ether oxygens (including phenoxy) is 2. The lowest BCUT2D eigenvalue weighted by Gasteiger charge is -2.15. The largest absolute Gasteiger partial charge is 0.454 e. The van der Waals surface area contributed by atoms with Crippen molar-refractivity contribution in [2.24, 2.45) is 0 Å². The molecule has 0 spiro atoms. The maximum absolute atomic E-state index is 12.9. The van der Waals surface area contributed by atoms with Gasteiger partial charge in [-0.1, -0.05) is 12.1 Å². The van der Waals surface area contributed by atoms with Crippen LogP contribution in [0.5, 0.6) is 11.5 Å². The number of aryl methyl sites for hydroxylation is 1. The molecule has 0 saturated carbocycles. The highest BCUT2D eigenvalue weighted by molar-refractivity contribution is 5.96. The van der Waals surface area contributed by atoms with E-state index in [0.717, 1.165) is 28.4 Å². The van der Waals surface area contributed by atoms with Crippen molar-refractivity contribution in [3.63, 3.8) is 0 Å². The predicted octanol–water partition coefficient (Wildman–Crippen LogP) is 3.77. The molecule has 28 heavy (non-hydrogen) atoms. The number of pyridine rings is 1. The van der Waals surface area contributed by atoms with Gasteiger partial charge in [0.2, 0.25) is 6.79 Å². The van der Waals surface area contributed by atoms with E-state index >= 15 is 0 Å². The summed E-state index contributed by atoms with van der Waals surface area (Å²) in [5, 5.41) is 3.08. The van der Waals surface area contributed by atoms with Crippen LogP contribution in [0.25, 0.3) is 0 Å². The molecular weight excluding hydrogens is 354 g/mol. The molecule has 1 amide bonds. The molecule has 6 heteroatoms. The molecule has 3 heterocycles. The summed E-state index contributed by atoms with van der Waals surface area (Å²) >= 11 is 0. The summed E-state index contributed by atoms with van der Waals surface area (Å²) in [7, 11) is 0. The first kappa shape index (κ1) is 18.1. The number of amides is 1. The summed E-state index contributed by atoms with van der Waals surface area (Å²) in [6.45, 7) is 6.82. The van der Waals surface area contributed by atoms with Gasteiger partial charge in [-0.15, -0.1) is 0 Å². The number of rotatable bonds is 5. The Balaban J connectivity index is 1.51.